The summed E-state index contributed by atoms with van der Waals surface area (Å²) in [6.45, 7) is 2.97. The number of methoxy groups -OCH3 is 1. The second kappa shape index (κ2) is 7.83. The van der Waals surface area contributed by atoms with Crippen LogP contribution in [-0.4, -0.2) is 30.3 Å². The van der Waals surface area contributed by atoms with Gasteiger partial charge in [0, 0.05) is 18.2 Å². The first-order valence-corrected chi connectivity index (χ1v) is 7.90. The molecule has 0 aromatic heterocycles. The van der Waals surface area contributed by atoms with E-state index in [1.165, 1.54) is 32.1 Å². The van der Waals surface area contributed by atoms with Crippen molar-refractivity contribution in [3.05, 3.63) is 23.8 Å². The number of benzene rings is 1. The predicted octanol–water partition coefficient (Wildman–Crippen LogP) is 1.43. The number of hydrogen-bond acceptors (Lipinski definition) is 4. The molecule has 0 aliphatic heterocycles. The lowest BCUT2D eigenvalue weighted by atomic mass is 9.79. The highest BCUT2D eigenvalue weighted by atomic mass is 16.5. The van der Waals surface area contributed by atoms with Crippen LogP contribution in [0.2, 0.25) is 0 Å². The zero-order valence-electron chi connectivity index (χ0n) is 13.0. The molecule has 1 aliphatic rings. The standard InChI is InChI=1S/C16H26BNO3/c1-3-12-4-7-15(8-5-12)18-11-13-10-14(17(19)20)6-9-16(13)21-2/h6,9-10,12,15,18-20H,3-5,7-8,11H2,1-2H3/t12-,15-. The molecule has 0 heterocycles. The fourth-order valence-corrected chi connectivity index (χ4v) is 3.13. The summed E-state index contributed by atoms with van der Waals surface area (Å²) in [5.41, 5.74) is 1.48. The molecule has 2 rings (SSSR count). The second-order valence-electron chi connectivity index (χ2n) is 5.95. The van der Waals surface area contributed by atoms with Crippen molar-refractivity contribution in [2.75, 3.05) is 7.11 Å². The Morgan fingerprint density at radius 3 is 2.52 bits per heavy atom. The summed E-state index contributed by atoms with van der Waals surface area (Å²) in [5, 5.41) is 22.1. The highest BCUT2D eigenvalue weighted by Gasteiger charge is 2.20. The molecule has 3 N–H and O–H groups in total. The van der Waals surface area contributed by atoms with Crippen LogP contribution in [0.1, 0.15) is 44.6 Å². The molecule has 1 aliphatic carbocycles. The van der Waals surface area contributed by atoms with Crippen LogP contribution in [0, 0.1) is 5.92 Å². The summed E-state index contributed by atoms with van der Waals surface area (Å²) in [4.78, 5) is 0. The Morgan fingerprint density at radius 1 is 1.24 bits per heavy atom. The molecule has 4 nitrogen and oxygen atoms in total. The van der Waals surface area contributed by atoms with Crippen LogP contribution >= 0.6 is 0 Å². The highest BCUT2D eigenvalue weighted by molar-refractivity contribution is 6.58. The van der Waals surface area contributed by atoms with E-state index < -0.39 is 7.12 Å². The first-order valence-electron chi connectivity index (χ1n) is 7.90. The molecule has 0 saturated heterocycles. The maximum atomic E-state index is 9.28. The van der Waals surface area contributed by atoms with Crippen LogP contribution in [0.25, 0.3) is 0 Å². The molecule has 0 radical (unpaired) electrons. The average Bonchev–Trinajstić information content (AvgIpc) is 2.53. The highest BCUT2D eigenvalue weighted by Crippen LogP contribution is 2.27. The Hall–Kier alpha value is -1.04. The third-order valence-electron chi connectivity index (χ3n) is 4.61. The van der Waals surface area contributed by atoms with Gasteiger partial charge in [0.1, 0.15) is 5.75 Å². The van der Waals surface area contributed by atoms with Crippen molar-refractivity contribution in [2.45, 2.75) is 51.6 Å². The van der Waals surface area contributed by atoms with Gasteiger partial charge in [-0.25, -0.2) is 0 Å². The molecule has 1 saturated carbocycles. The van der Waals surface area contributed by atoms with Gasteiger partial charge in [-0.3, -0.25) is 0 Å². The molecule has 5 heteroatoms. The van der Waals surface area contributed by atoms with Gasteiger partial charge in [-0.15, -0.1) is 0 Å². The van der Waals surface area contributed by atoms with Gasteiger partial charge >= 0.3 is 7.12 Å². The number of hydrogen-bond donors (Lipinski definition) is 3. The lowest BCUT2D eigenvalue weighted by molar-refractivity contribution is 0.284. The van der Waals surface area contributed by atoms with Crippen molar-refractivity contribution in [3.63, 3.8) is 0 Å². The van der Waals surface area contributed by atoms with Gasteiger partial charge in [-0.05, 0) is 43.1 Å². The molecule has 1 aromatic carbocycles. The Morgan fingerprint density at radius 2 is 1.95 bits per heavy atom. The molecule has 21 heavy (non-hydrogen) atoms. The largest absolute Gasteiger partial charge is 0.496 e. The van der Waals surface area contributed by atoms with E-state index >= 15 is 0 Å². The quantitative estimate of drug-likeness (QED) is 0.694. The summed E-state index contributed by atoms with van der Waals surface area (Å²) in [5.74, 6) is 1.68. The number of nitrogens with one attached hydrogen (secondary N) is 1. The second-order valence-corrected chi connectivity index (χ2v) is 5.95. The molecule has 0 atom stereocenters. The molecule has 0 amide bonds. The molecule has 116 valence electrons. The van der Waals surface area contributed by atoms with E-state index in [2.05, 4.69) is 12.2 Å². The fourth-order valence-electron chi connectivity index (χ4n) is 3.13. The van der Waals surface area contributed by atoms with Crippen molar-refractivity contribution in [1.29, 1.82) is 0 Å². The monoisotopic (exact) mass is 291 g/mol. The smallest absolute Gasteiger partial charge is 0.488 e. The van der Waals surface area contributed by atoms with Crippen LogP contribution < -0.4 is 15.5 Å². The van der Waals surface area contributed by atoms with Crippen LogP contribution in [-0.2, 0) is 6.54 Å². The summed E-state index contributed by atoms with van der Waals surface area (Å²) in [6, 6.07) is 5.83. The van der Waals surface area contributed by atoms with Gasteiger partial charge in [0.2, 0.25) is 0 Å². The molecule has 1 fully saturated rings. The summed E-state index contributed by atoms with van der Waals surface area (Å²) < 4.78 is 5.35. The van der Waals surface area contributed by atoms with E-state index in [0.717, 1.165) is 17.2 Å². The fraction of sp³-hybridized carbons (Fsp3) is 0.625. The molecule has 0 unspecified atom stereocenters. The minimum Gasteiger partial charge on any atom is -0.496 e. The predicted molar refractivity (Wildman–Crippen MR) is 85.7 cm³/mol. The van der Waals surface area contributed by atoms with Crippen LogP contribution in [0.3, 0.4) is 0 Å². The van der Waals surface area contributed by atoms with Crippen molar-refractivity contribution >= 4 is 12.6 Å². The van der Waals surface area contributed by atoms with E-state index in [1.54, 1.807) is 25.3 Å². The van der Waals surface area contributed by atoms with Gasteiger partial charge in [0.15, 0.2) is 0 Å². The van der Waals surface area contributed by atoms with Gasteiger partial charge in [-0.1, -0.05) is 25.5 Å². The van der Waals surface area contributed by atoms with Gasteiger partial charge < -0.3 is 20.1 Å². The van der Waals surface area contributed by atoms with E-state index in [-0.39, 0.29) is 0 Å². The van der Waals surface area contributed by atoms with Crippen molar-refractivity contribution in [1.82, 2.24) is 5.32 Å². The normalized spacial score (nSPS) is 22.1. The summed E-state index contributed by atoms with van der Waals surface area (Å²) in [7, 11) is 0.204. The van der Waals surface area contributed by atoms with Crippen LogP contribution in [0.5, 0.6) is 5.75 Å². The third-order valence-corrected chi connectivity index (χ3v) is 4.61. The zero-order valence-corrected chi connectivity index (χ0v) is 13.0. The zero-order chi connectivity index (χ0) is 15.2. The number of ether oxygens (including phenoxy) is 1. The average molecular weight is 291 g/mol. The van der Waals surface area contributed by atoms with Crippen molar-refractivity contribution < 1.29 is 14.8 Å². The van der Waals surface area contributed by atoms with Crippen molar-refractivity contribution in [2.24, 2.45) is 5.92 Å². The summed E-state index contributed by atoms with van der Waals surface area (Å²) in [6.07, 6.45) is 6.35. The van der Waals surface area contributed by atoms with Gasteiger partial charge in [-0.2, -0.15) is 0 Å². The van der Waals surface area contributed by atoms with E-state index in [1.807, 2.05) is 0 Å². The lowest BCUT2D eigenvalue weighted by Crippen LogP contribution is -2.34. The van der Waals surface area contributed by atoms with Crippen LogP contribution in [0.15, 0.2) is 18.2 Å². The molecule has 1 aromatic rings. The maximum Gasteiger partial charge on any atom is 0.488 e. The Balaban J connectivity index is 1.94. The minimum absolute atomic E-state index is 0.502. The number of rotatable bonds is 6. The van der Waals surface area contributed by atoms with Crippen LogP contribution in [0.4, 0.5) is 0 Å². The topological polar surface area (TPSA) is 61.7 Å². The Kier molecular flexibility index (Phi) is 6.09. The Labute approximate surface area is 127 Å². The van der Waals surface area contributed by atoms with E-state index in [0.29, 0.717) is 18.0 Å². The molecular formula is C16H26BNO3. The molecule has 0 bridgehead atoms. The molecular weight excluding hydrogens is 265 g/mol. The third kappa shape index (κ3) is 4.46. The Bertz CT molecular complexity index is 445. The minimum atomic E-state index is -1.44. The van der Waals surface area contributed by atoms with E-state index in [9.17, 15) is 10.0 Å². The van der Waals surface area contributed by atoms with Crippen molar-refractivity contribution in [3.8, 4) is 5.75 Å². The maximum absolute atomic E-state index is 9.28. The van der Waals surface area contributed by atoms with Gasteiger partial charge in [0.05, 0.1) is 7.11 Å². The first kappa shape index (κ1) is 16.3. The SMILES string of the molecule is CC[C@H]1CC[C@H](NCc2cc(B(O)O)ccc2OC)CC1. The lowest BCUT2D eigenvalue weighted by Gasteiger charge is -2.28. The van der Waals surface area contributed by atoms with E-state index in [4.69, 9.17) is 4.74 Å². The molecule has 0 spiro atoms. The first-order chi connectivity index (χ1) is 10.1. The summed E-state index contributed by atoms with van der Waals surface area (Å²) >= 11 is 0. The van der Waals surface area contributed by atoms with Gasteiger partial charge in [0.25, 0.3) is 0 Å².